The Hall–Kier alpha value is -2.89. The standard InChI is InChI=1S/C21H26N2O4/c1-6-11-26-21(25)17-7-9-18(10-8-17)27-13-20(24)23-16(5)19(12-14(2)3)15(4)22-23/h7-10H,2,6,11-13H2,1,3-5H3. The maximum absolute atomic E-state index is 12.5. The maximum atomic E-state index is 12.5. The molecule has 0 bridgehead atoms. The van der Waals surface area contributed by atoms with Crippen molar-refractivity contribution in [1.29, 1.82) is 0 Å². The van der Waals surface area contributed by atoms with Gasteiger partial charge in [0.15, 0.2) is 6.61 Å². The number of carbonyl (C=O) groups is 2. The highest BCUT2D eigenvalue weighted by molar-refractivity contribution is 5.89. The van der Waals surface area contributed by atoms with Gasteiger partial charge in [-0.15, -0.1) is 0 Å². The van der Waals surface area contributed by atoms with Gasteiger partial charge in [-0.3, -0.25) is 4.79 Å². The number of nitrogens with zero attached hydrogens (tertiary/aromatic N) is 2. The Labute approximate surface area is 159 Å². The van der Waals surface area contributed by atoms with Gasteiger partial charge in [-0.05, 0) is 57.9 Å². The Morgan fingerprint density at radius 3 is 2.44 bits per heavy atom. The molecule has 0 amide bonds. The smallest absolute Gasteiger partial charge is 0.338 e. The number of allylic oxidation sites excluding steroid dienone is 1. The average Bonchev–Trinajstić information content (AvgIpc) is 2.92. The summed E-state index contributed by atoms with van der Waals surface area (Å²) >= 11 is 0. The number of hydrogen-bond donors (Lipinski definition) is 0. The zero-order chi connectivity index (χ0) is 20.0. The van der Waals surface area contributed by atoms with Crippen LogP contribution in [0.4, 0.5) is 0 Å². The van der Waals surface area contributed by atoms with Gasteiger partial charge in [-0.2, -0.15) is 5.10 Å². The highest BCUT2D eigenvalue weighted by atomic mass is 16.5. The minimum Gasteiger partial charge on any atom is -0.484 e. The largest absolute Gasteiger partial charge is 0.484 e. The fourth-order valence-electron chi connectivity index (χ4n) is 2.65. The summed E-state index contributed by atoms with van der Waals surface area (Å²) in [4.78, 5) is 24.2. The van der Waals surface area contributed by atoms with Crippen LogP contribution in [0.5, 0.6) is 5.75 Å². The zero-order valence-corrected chi connectivity index (χ0v) is 16.4. The lowest BCUT2D eigenvalue weighted by atomic mass is 10.1. The number of hydrogen-bond acceptors (Lipinski definition) is 5. The summed E-state index contributed by atoms with van der Waals surface area (Å²) in [6, 6.07) is 6.52. The molecular formula is C21H26N2O4. The first-order valence-corrected chi connectivity index (χ1v) is 8.96. The molecule has 0 spiro atoms. The summed E-state index contributed by atoms with van der Waals surface area (Å²) in [5, 5.41) is 4.33. The van der Waals surface area contributed by atoms with Crippen molar-refractivity contribution in [3.63, 3.8) is 0 Å². The third kappa shape index (κ3) is 5.29. The van der Waals surface area contributed by atoms with E-state index >= 15 is 0 Å². The molecule has 6 nitrogen and oxygen atoms in total. The SMILES string of the molecule is C=C(C)Cc1c(C)nn(C(=O)COc2ccc(C(=O)OCCC)cc2)c1C. The second-order valence-electron chi connectivity index (χ2n) is 6.54. The van der Waals surface area contributed by atoms with E-state index in [4.69, 9.17) is 9.47 Å². The van der Waals surface area contributed by atoms with E-state index in [2.05, 4.69) is 11.7 Å². The van der Waals surface area contributed by atoms with E-state index in [-0.39, 0.29) is 18.5 Å². The molecule has 1 heterocycles. The molecule has 6 heteroatoms. The van der Waals surface area contributed by atoms with Crippen molar-refractivity contribution in [2.75, 3.05) is 13.2 Å². The molecule has 27 heavy (non-hydrogen) atoms. The third-order valence-electron chi connectivity index (χ3n) is 4.05. The van der Waals surface area contributed by atoms with E-state index in [1.54, 1.807) is 24.3 Å². The van der Waals surface area contributed by atoms with Gasteiger partial charge < -0.3 is 9.47 Å². The molecule has 0 unspecified atom stereocenters. The predicted octanol–water partition coefficient (Wildman–Crippen LogP) is 3.90. The van der Waals surface area contributed by atoms with E-state index in [0.29, 0.717) is 24.3 Å². The lowest BCUT2D eigenvalue weighted by molar-refractivity contribution is 0.0504. The number of esters is 1. The highest BCUT2D eigenvalue weighted by Crippen LogP contribution is 2.17. The van der Waals surface area contributed by atoms with Gasteiger partial charge in [-0.25, -0.2) is 9.48 Å². The zero-order valence-electron chi connectivity index (χ0n) is 16.4. The van der Waals surface area contributed by atoms with Gasteiger partial charge in [-0.1, -0.05) is 19.1 Å². The van der Waals surface area contributed by atoms with Crippen LogP contribution >= 0.6 is 0 Å². The molecule has 0 fully saturated rings. The van der Waals surface area contributed by atoms with Gasteiger partial charge in [0.1, 0.15) is 5.75 Å². The summed E-state index contributed by atoms with van der Waals surface area (Å²) in [5.41, 5.74) is 4.11. The Bertz CT molecular complexity index is 835. The number of ether oxygens (including phenoxy) is 2. The molecular weight excluding hydrogens is 344 g/mol. The lowest BCUT2D eigenvalue weighted by Gasteiger charge is -2.08. The number of carbonyl (C=O) groups excluding carboxylic acids is 2. The van der Waals surface area contributed by atoms with Crippen LogP contribution in [-0.4, -0.2) is 34.9 Å². The second-order valence-corrected chi connectivity index (χ2v) is 6.54. The summed E-state index contributed by atoms with van der Waals surface area (Å²) in [7, 11) is 0. The minimum absolute atomic E-state index is 0.145. The molecule has 0 N–H and O–H groups in total. The summed E-state index contributed by atoms with van der Waals surface area (Å²) in [5.74, 6) is -0.124. The van der Waals surface area contributed by atoms with E-state index < -0.39 is 0 Å². The molecule has 0 aliphatic rings. The van der Waals surface area contributed by atoms with E-state index in [0.717, 1.165) is 28.9 Å². The first kappa shape index (κ1) is 20.4. The fourth-order valence-corrected chi connectivity index (χ4v) is 2.65. The highest BCUT2D eigenvalue weighted by Gasteiger charge is 2.17. The fraction of sp³-hybridized carbons (Fsp3) is 0.381. The first-order valence-electron chi connectivity index (χ1n) is 8.96. The Morgan fingerprint density at radius 2 is 1.85 bits per heavy atom. The molecule has 2 aromatic rings. The van der Waals surface area contributed by atoms with Crippen LogP contribution in [0, 0.1) is 13.8 Å². The normalized spacial score (nSPS) is 10.5. The Balaban J connectivity index is 1.99. The average molecular weight is 370 g/mol. The molecule has 0 aliphatic carbocycles. The lowest BCUT2D eigenvalue weighted by Crippen LogP contribution is -2.21. The van der Waals surface area contributed by atoms with Crippen LogP contribution in [0.3, 0.4) is 0 Å². The molecule has 0 saturated carbocycles. The van der Waals surface area contributed by atoms with Crippen molar-refractivity contribution in [2.24, 2.45) is 0 Å². The van der Waals surface area contributed by atoms with E-state index in [9.17, 15) is 9.59 Å². The topological polar surface area (TPSA) is 70.4 Å². The quantitative estimate of drug-likeness (QED) is 0.520. The van der Waals surface area contributed by atoms with Crippen LogP contribution < -0.4 is 4.74 Å². The number of aromatic nitrogens is 2. The van der Waals surface area contributed by atoms with Crippen LogP contribution in [0.15, 0.2) is 36.4 Å². The second kappa shape index (κ2) is 9.16. The third-order valence-corrected chi connectivity index (χ3v) is 4.05. The Kier molecular flexibility index (Phi) is 6.93. The van der Waals surface area contributed by atoms with Crippen molar-refractivity contribution < 1.29 is 19.1 Å². The van der Waals surface area contributed by atoms with E-state index in [1.807, 2.05) is 27.7 Å². The molecule has 0 saturated heterocycles. The summed E-state index contributed by atoms with van der Waals surface area (Å²) in [6.45, 7) is 11.8. The monoisotopic (exact) mass is 370 g/mol. The maximum Gasteiger partial charge on any atom is 0.338 e. The molecule has 0 radical (unpaired) electrons. The van der Waals surface area contributed by atoms with Gasteiger partial charge in [0.25, 0.3) is 5.91 Å². The summed E-state index contributed by atoms with van der Waals surface area (Å²) < 4.78 is 12.0. The van der Waals surface area contributed by atoms with Crippen molar-refractivity contribution in [2.45, 2.75) is 40.5 Å². The van der Waals surface area contributed by atoms with Gasteiger partial charge >= 0.3 is 5.97 Å². The van der Waals surface area contributed by atoms with Crippen molar-refractivity contribution in [3.05, 3.63) is 58.9 Å². The summed E-state index contributed by atoms with van der Waals surface area (Å²) in [6.07, 6.45) is 1.47. The first-order chi connectivity index (χ1) is 12.8. The van der Waals surface area contributed by atoms with Gasteiger partial charge in [0, 0.05) is 11.3 Å². The van der Waals surface area contributed by atoms with Crippen molar-refractivity contribution in [1.82, 2.24) is 9.78 Å². The molecule has 0 atom stereocenters. The molecule has 2 rings (SSSR count). The molecule has 0 aliphatic heterocycles. The van der Waals surface area contributed by atoms with Crippen LogP contribution in [0.1, 0.15) is 52.4 Å². The predicted molar refractivity (Wildman–Crippen MR) is 103 cm³/mol. The van der Waals surface area contributed by atoms with Crippen molar-refractivity contribution >= 4 is 11.9 Å². The van der Waals surface area contributed by atoms with Crippen LogP contribution in [0.2, 0.25) is 0 Å². The van der Waals surface area contributed by atoms with Crippen LogP contribution in [0.25, 0.3) is 0 Å². The van der Waals surface area contributed by atoms with Gasteiger partial charge in [0.2, 0.25) is 0 Å². The van der Waals surface area contributed by atoms with Crippen molar-refractivity contribution in [3.8, 4) is 5.75 Å². The number of aryl methyl sites for hydroxylation is 1. The van der Waals surface area contributed by atoms with Gasteiger partial charge in [0.05, 0.1) is 17.9 Å². The molecule has 144 valence electrons. The Morgan fingerprint density at radius 1 is 1.19 bits per heavy atom. The molecule has 1 aromatic carbocycles. The minimum atomic E-state index is -0.368. The van der Waals surface area contributed by atoms with E-state index in [1.165, 1.54) is 4.68 Å². The van der Waals surface area contributed by atoms with Crippen LogP contribution in [-0.2, 0) is 11.2 Å². The number of rotatable bonds is 8. The number of benzene rings is 1. The molecule has 1 aromatic heterocycles.